The topological polar surface area (TPSA) is 57.6 Å². The highest BCUT2D eigenvalue weighted by molar-refractivity contribution is 5.81. The number of carbonyl (C=O) groups is 2. The van der Waals surface area contributed by atoms with Crippen LogP contribution in [0.5, 0.6) is 0 Å². The average molecular weight is 313 g/mol. The van der Waals surface area contributed by atoms with E-state index in [2.05, 4.69) is 18.2 Å². The quantitative estimate of drug-likeness (QED) is 0.932. The van der Waals surface area contributed by atoms with Crippen molar-refractivity contribution in [3.05, 3.63) is 42.0 Å². The Balaban J connectivity index is 1.62. The zero-order chi connectivity index (χ0) is 16.2. The maximum atomic E-state index is 12.7. The third kappa shape index (κ3) is 3.63. The van der Waals surface area contributed by atoms with E-state index in [0.29, 0.717) is 19.4 Å². The standard InChI is InChI=1S/C19H23NO3/c21-18(16-7-4-8-17(13-16)19(22)23)20-11-9-15(10-12-20)14-5-2-1-3-6-14/h1-3,5-6,9,16-17H,4,7-8,10-13H2,(H,22,23). The first-order valence-electron chi connectivity index (χ1n) is 8.41. The summed E-state index contributed by atoms with van der Waals surface area (Å²) in [5.41, 5.74) is 2.52. The maximum absolute atomic E-state index is 12.7. The number of aliphatic carboxylic acids is 1. The molecule has 1 aromatic rings. The van der Waals surface area contributed by atoms with Crippen molar-refractivity contribution in [3.8, 4) is 0 Å². The molecule has 0 radical (unpaired) electrons. The lowest BCUT2D eigenvalue weighted by molar-refractivity contribution is -0.145. The Bertz CT molecular complexity index is 608. The van der Waals surface area contributed by atoms with Crippen LogP contribution in [0.4, 0.5) is 0 Å². The predicted molar refractivity (Wildman–Crippen MR) is 88.7 cm³/mol. The number of benzene rings is 1. The molecule has 1 aliphatic carbocycles. The highest BCUT2D eigenvalue weighted by atomic mass is 16.4. The molecule has 1 saturated carbocycles. The lowest BCUT2D eigenvalue weighted by Gasteiger charge is -2.33. The van der Waals surface area contributed by atoms with E-state index < -0.39 is 5.97 Å². The Morgan fingerprint density at radius 1 is 1.09 bits per heavy atom. The van der Waals surface area contributed by atoms with Crippen molar-refractivity contribution >= 4 is 17.4 Å². The van der Waals surface area contributed by atoms with Gasteiger partial charge in [0, 0.05) is 19.0 Å². The molecule has 1 amide bonds. The number of rotatable bonds is 3. The third-order valence-electron chi connectivity index (χ3n) is 5.04. The number of amides is 1. The fraction of sp³-hybridized carbons (Fsp3) is 0.474. The molecule has 2 atom stereocenters. The first kappa shape index (κ1) is 15.8. The van der Waals surface area contributed by atoms with Crippen molar-refractivity contribution in [2.75, 3.05) is 13.1 Å². The predicted octanol–water partition coefficient (Wildman–Crippen LogP) is 3.19. The third-order valence-corrected chi connectivity index (χ3v) is 5.04. The second-order valence-corrected chi connectivity index (χ2v) is 6.53. The van der Waals surface area contributed by atoms with Gasteiger partial charge < -0.3 is 10.0 Å². The summed E-state index contributed by atoms with van der Waals surface area (Å²) in [6, 6.07) is 10.3. The summed E-state index contributed by atoms with van der Waals surface area (Å²) >= 11 is 0. The van der Waals surface area contributed by atoms with Crippen LogP contribution in [0.2, 0.25) is 0 Å². The molecular weight excluding hydrogens is 290 g/mol. The van der Waals surface area contributed by atoms with E-state index in [0.717, 1.165) is 25.8 Å². The minimum absolute atomic E-state index is 0.114. The van der Waals surface area contributed by atoms with Gasteiger partial charge >= 0.3 is 5.97 Å². The summed E-state index contributed by atoms with van der Waals surface area (Å²) < 4.78 is 0. The van der Waals surface area contributed by atoms with Crippen molar-refractivity contribution < 1.29 is 14.7 Å². The highest BCUT2D eigenvalue weighted by Gasteiger charge is 2.33. The molecule has 4 nitrogen and oxygen atoms in total. The Morgan fingerprint density at radius 2 is 1.83 bits per heavy atom. The highest BCUT2D eigenvalue weighted by Crippen LogP contribution is 2.31. The van der Waals surface area contributed by atoms with E-state index in [1.54, 1.807) is 0 Å². The van der Waals surface area contributed by atoms with Crippen molar-refractivity contribution in [1.82, 2.24) is 4.90 Å². The molecule has 0 aromatic heterocycles. The summed E-state index contributed by atoms with van der Waals surface area (Å²) in [5.74, 6) is -1.08. The van der Waals surface area contributed by atoms with Crippen LogP contribution < -0.4 is 0 Å². The first-order chi connectivity index (χ1) is 11.1. The van der Waals surface area contributed by atoms with E-state index in [1.807, 2.05) is 23.1 Å². The van der Waals surface area contributed by atoms with Crippen LogP contribution in [0, 0.1) is 11.8 Å². The van der Waals surface area contributed by atoms with Gasteiger partial charge in [0.15, 0.2) is 0 Å². The molecule has 3 rings (SSSR count). The number of carboxylic acids is 1. The van der Waals surface area contributed by atoms with Gasteiger partial charge in [-0.15, -0.1) is 0 Å². The van der Waals surface area contributed by atoms with Gasteiger partial charge in [0.05, 0.1) is 5.92 Å². The molecule has 1 fully saturated rings. The van der Waals surface area contributed by atoms with Gasteiger partial charge in [0.2, 0.25) is 5.91 Å². The second kappa shape index (κ2) is 6.99. The average Bonchev–Trinajstić information content (AvgIpc) is 2.62. The summed E-state index contributed by atoms with van der Waals surface area (Å²) in [6.07, 6.45) is 5.87. The van der Waals surface area contributed by atoms with Crippen molar-refractivity contribution in [1.29, 1.82) is 0 Å². The molecule has 1 aliphatic heterocycles. The van der Waals surface area contributed by atoms with E-state index >= 15 is 0 Å². The SMILES string of the molecule is O=C(O)C1CCCC(C(=O)N2CC=C(c3ccccc3)CC2)C1. The van der Waals surface area contributed by atoms with Crippen LogP contribution in [0.15, 0.2) is 36.4 Å². The van der Waals surface area contributed by atoms with Gasteiger partial charge in [-0.3, -0.25) is 9.59 Å². The summed E-state index contributed by atoms with van der Waals surface area (Å²) in [7, 11) is 0. The molecular formula is C19H23NO3. The van der Waals surface area contributed by atoms with E-state index in [-0.39, 0.29) is 17.7 Å². The molecule has 2 aliphatic rings. The molecule has 4 heteroatoms. The van der Waals surface area contributed by atoms with Gasteiger partial charge in [-0.25, -0.2) is 0 Å². The van der Waals surface area contributed by atoms with Crippen LogP contribution in [0.1, 0.15) is 37.7 Å². The molecule has 0 spiro atoms. The number of hydrogen-bond donors (Lipinski definition) is 1. The molecule has 2 unspecified atom stereocenters. The smallest absolute Gasteiger partial charge is 0.306 e. The van der Waals surface area contributed by atoms with Gasteiger partial charge in [-0.2, -0.15) is 0 Å². The Labute approximate surface area is 136 Å². The monoisotopic (exact) mass is 313 g/mol. The van der Waals surface area contributed by atoms with Crippen LogP contribution in [0.3, 0.4) is 0 Å². The van der Waals surface area contributed by atoms with Gasteiger partial charge in [-0.05, 0) is 36.8 Å². The van der Waals surface area contributed by atoms with E-state index in [9.17, 15) is 14.7 Å². The molecule has 1 heterocycles. The van der Waals surface area contributed by atoms with Crippen LogP contribution >= 0.6 is 0 Å². The fourth-order valence-electron chi connectivity index (χ4n) is 3.68. The Hall–Kier alpha value is -2.10. The minimum Gasteiger partial charge on any atom is -0.481 e. The van der Waals surface area contributed by atoms with Gasteiger partial charge in [0.1, 0.15) is 0 Å². The molecule has 0 saturated heterocycles. The zero-order valence-electron chi connectivity index (χ0n) is 13.3. The lowest BCUT2D eigenvalue weighted by atomic mass is 9.80. The van der Waals surface area contributed by atoms with Crippen molar-refractivity contribution in [2.45, 2.75) is 32.1 Å². The first-order valence-corrected chi connectivity index (χ1v) is 8.41. The fourth-order valence-corrected chi connectivity index (χ4v) is 3.68. The summed E-state index contributed by atoms with van der Waals surface area (Å²) in [4.78, 5) is 25.7. The van der Waals surface area contributed by atoms with E-state index in [4.69, 9.17) is 0 Å². The molecule has 122 valence electrons. The van der Waals surface area contributed by atoms with Crippen LogP contribution in [0.25, 0.3) is 5.57 Å². The van der Waals surface area contributed by atoms with Crippen molar-refractivity contribution in [2.24, 2.45) is 11.8 Å². The second-order valence-electron chi connectivity index (χ2n) is 6.53. The van der Waals surface area contributed by atoms with Crippen LogP contribution in [-0.4, -0.2) is 35.0 Å². The molecule has 1 aromatic carbocycles. The minimum atomic E-state index is -0.757. The largest absolute Gasteiger partial charge is 0.481 e. The van der Waals surface area contributed by atoms with Crippen molar-refractivity contribution in [3.63, 3.8) is 0 Å². The lowest BCUT2D eigenvalue weighted by Crippen LogP contribution is -2.41. The number of carbonyl (C=O) groups excluding carboxylic acids is 1. The number of hydrogen-bond acceptors (Lipinski definition) is 2. The summed E-state index contributed by atoms with van der Waals surface area (Å²) in [6.45, 7) is 1.37. The maximum Gasteiger partial charge on any atom is 0.306 e. The molecule has 23 heavy (non-hydrogen) atoms. The number of nitrogens with zero attached hydrogens (tertiary/aromatic N) is 1. The van der Waals surface area contributed by atoms with Gasteiger partial charge in [-0.1, -0.05) is 42.8 Å². The zero-order valence-corrected chi connectivity index (χ0v) is 13.3. The summed E-state index contributed by atoms with van der Waals surface area (Å²) in [5, 5.41) is 9.17. The molecule has 1 N–H and O–H groups in total. The Morgan fingerprint density at radius 3 is 2.48 bits per heavy atom. The number of carboxylic acid groups (broad SMARTS) is 1. The molecule has 0 bridgehead atoms. The van der Waals surface area contributed by atoms with E-state index in [1.165, 1.54) is 11.1 Å². The normalized spacial score (nSPS) is 24.9. The Kier molecular flexibility index (Phi) is 4.79. The van der Waals surface area contributed by atoms with Gasteiger partial charge in [0.25, 0.3) is 0 Å². The van der Waals surface area contributed by atoms with Crippen LogP contribution in [-0.2, 0) is 9.59 Å².